The molecule has 1 aromatic rings. The van der Waals surface area contributed by atoms with Gasteiger partial charge in [-0.3, -0.25) is 14.5 Å². The number of nitrogens with one attached hydrogen (secondary N) is 2. The molecule has 1 aliphatic rings. The van der Waals surface area contributed by atoms with Crippen molar-refractivity contribution in [1.82, 2.24) is 10.2 Å². The van der Waals surface area contributed by atoms with E-state index in [4.69, 9.17) is 4.74 Å². The van der Waals surface area contributed by atoms with Gasteiger partial charge in [0.2, 0.25) is 11.8 Å². The smallest absolute Gasteiger partial charge is 0.238 e. The summed E-state index contributed by atoms with van der Waals surface area (Å²) in [5, 5.41) is 15.3. The second-order valence-electron chi connectivity index (χ2n) is 7.26. The Morgan fingerprint density at radius 3 is 2.43 bits per heavy atom. The fraction of sp³-hybridized carbons (Fsp3) is 0.571. The number of benzene rings is 1. The molecule has 0 heterocycles. The molecule has 7 heteroatoms. The third-order valence-electron chi connectivity index (χ3n) is 5.34. The van der Waals surface area contributed by atoms with Gasteiger partial charge in [0.25, 0.3) is 0 Å². The Hall–Kier alpha value is -2.59. The molecule has 0 aromatic heterocycles. The zero-order valence-corrected chi connectivity index (χ0v) is 17.0. The van der Waals surface area contributed by atoms with Crippen molar-refractivity contribution < 1.29 is 14.3 Å². The topological polar surface area (TPSA) is 94.5 Å². The number of methoxy groups -OCH3 is 1. The maximum Gasteiger partial charge on any atom is 0.238 e. The van der Waals surface area contributed by atoms with E-state index < -0.39 is 11.6 Å². The van der Waals surface area contributed by atoms with E-state index >= 15 is 0 Å². The lowest BCUT2D eigenvalue weighted by molar-refractivity contribution is -0.128. The molecule has 28 heavy (non-hydrogen) atoms. The van der Waals surface area contributed by atoms with Crippen molar-refractivity contribution in [2.24, 2.45) is 0 Å². The number of carbonyl (C=O) groups excluding carboxylic acids is 2. The molecule has 1 saturated carbocycles. The number of anilines is 1. The van der Waals surface area contributed by atoms with Crippen LogP contribution in [0, 0.1) is 11.3 Å². The Labute approximate surface area is 167 Å². The fourth-order valence-corrected chi connectivity index (χ4v) is 3.51. The van der Waals surface area contributed by atoms with Crippen molar-refractivity contribution in [2.45, 2.75) is 57.5 Å². The fourth-order valence-electron chi connectivity index (χ4n) is 3.51. The van der Waals surface area contributed by atoms with E-state index in [1.54, 1.807) is 43.2 Å². The summed E-state index contributed by atoms with van der Waals surface area (Å²) in [6.45, 7) is 4.32. The van der Waals surface area contributed by atoms with Crippen LogP contribution in [0.4, 0.5) is 5.69 Å². The van der Waals surface area contributed by atoms with Gasteiger partial charge in [0, 0.05) is 5.69 Å². The molecule has 1 aliphatic carbocycles. The number of hydrogen-bond donors (Lipinski definition) is 2. The van der Waals surface area contributed by atoms with Crippen LogP contribution in [0.3, 0.4) is 0 Å². The largest absolute Gasteiger partial charge is 0.497 e. The van der Waals surface area contributed by atoms with Crippen LogP contribution in [0.5, 0.6) is 5.75 Å². The van der Waals surface area contributed by atoms with E-state index in [1.807, 2.05) is 6.92 Å². The highest BCUT2D eigenvalue weighted by atomic mass is 16.5. The summed E-state index contributed by atoms with van der Waals surface area (Å²) >= 11 is 0. The van der Waals surface area contributed by atoms with Gasteiger partial charge in [-0.05, 0) is 50.6 Å². The van der Waals surface area contributed by atoms with E-state index in [2.05, 4.69) is 16.7 Å². The number of likely N-dealkylation sites (N-methyl/N-ethyl adjacent to an activating group) is 1. The summed E-state index contributed by atoms with van der Waals surface area (Å²) in [5.41, 5.74) is -0.0986. The average Bonchev–Trinajstić information content (AvgIpc) is 2.72. The molecule has 2 amide bonds. The summed E-state index contributed by atoms with van der Waals surface area (Å²) in [6, 6.07) is 8.88. The molecule has 1 fully saturated rings. The summed E-state index contributed by atoms with van der Waals surface area (Å²) in [6.07, 6.45) is 4.37. The summed E-state index contributed by atoms with van der Waals surface area (Å²) in [7, 11) is 1.59. The number of nitrogens with zero attached hydrogens (tertiary/aromatic N) is 2. The Bertz CT molecular complexity index is 705. The van der Waals surface area contributed by atoms with Gasteiger partial charge in [0.05, 0.1) is 25.8 Å². The lowest BCUT2D eigenvalue weighted by atomic mass is 9.82. The maximum atomic E-state index is 12.7. The van der Waals surface area contributed by atoms with Crippen LogP contribution in [-0.4, -0.2) is 48.5 Å². The van der Waals surface area contributed by atoms with Gasteiger partial charge in [0.15, 0.2) is 0 Å². The van der Waals surface area contributed by atoms with Gasteiger partial charge >= 0.3 is 0 Å². The quantitative estimate of drug-likeness (QED) is 0.716. The van der Waals surface area contributed by atoms with Crippen LogP contribution in [0.2, 0.25) is 0 Å². The number of amides is 2. The SMILES string of the molecule is CCN(CC(=O)Nc1ccc(OC)cc1)C(C)C(=O)NC1(C#N)CCCCC1. The first-order valence-electron chi connectivity index (χ1n) is 9.84. The molecule has 0 saturated heterocycles. The molecule has 1 atom stereocenters. The Kier molecular flexibility index (Phi) is 7.82. The van der Waals surface area contributed by atoms with Crippen molar-refractivity contribution in [2.75, 3.05) is 25.5 Å². The summed E-state index contributed by atoms with van der Waals surface area (Å²) in [5.74, 6) is 0.314. The second-order valence-corrected chi connectivity index (χ2v) is 7.26. The molecule has 1 aromatic carbocycles. The minimum atomic E-state index is -0.769. The lowest BCUT2D eigenvalue weighted by Gasteiger charge is -2.34. The zero-order chi connectivity index (χ0) is 20.6. The Balaban J connectivity index is 1.93. The number of ether oxygens (including phenoxy) is 1. The van der Waals surface area contributed by atoms with Crippen molar-refractivity contribution >= 4 is 17.5 Å². The number of rotatable bonds is 8. The van der Waals surface area contributed by atoms with E-state index in [9.17, 15) is 14.9 Å². The van der Waals surface area contributed by atoms with Crippen LogP contribution in [0.25, 0.3) is 0 Å². The maximum absolute atomic E-state index is 12.7. The number of hydrogen-bond acceptors (Lipinski definition) is 5. The van der Waals surface area contributed by atoms with E-state index in [1.165, 1.54) is 0 Å². The van der Waals surface area contributed by atoms with Crippen molar-refractivity contribution in [1.29, 1.82) is 5.26 Å². The van der Waals surface area contributed by atoms with E-state index in [-0.39, 0.29) is 18.4 Å². The molecule has 1 unspecified atom stereocenters. The predicted molar refractivity (Wildman–Crippen MR) is 108 cm³/mol. The van der Waals surface area contributed by atoms with E-state index in [0.717, 1.165) is 19.3 Å². The zero-order valence-electron chi connectivity index (χ0n) is 17.0. The first kappa shape index (κ1) is 21.7. The Morgan fingerprint density at radius 2 is 1.89 bits per heavy atom. The first-order valence-corrected chi connectivity index (χ1v) is 9.84. The highest BCUT2D eigenvalue weighted by molar-refractivity contribution is 5.93. The minimum Gasteiger partial charge on any atom is -0.497 e. The summed E-state index contributed by atoms with van der Waals surface area (Å²) < 4.78 is 5.11. The molecule has 7 nitrogen and oxygen atoms in total. The van der Waals surface area contributed by atoms with Crippen LogP contribution in [0.1, 0.15) is 46.0 Å². The van der Waals surface area contributed by atoms with Crippen LogP contribution < -0.4 is 15.4 Å². The molecule has 2 N–H and O–H groups in total. The van der Waals surface area contributed by atoms with Crippen LogP contribution in [-0.2, 0) is 9.59 Å². The van der Waals surface area contributed by atoms with Crippen molar-refractivity contribution in [3.63, 3.8) is 0 Å². The standard InChI is InChI=1S/C21H30N4O3/c1-4-25(14-19(26)23-17-8-10-18(28-3)11-9-17)16(2)20(27)24-21(15-22)12-6-5-7-13-21/h8-11,16H,4-7,12-14H2,1-3H3,(H,23,26)(H,24,27). The summed E-state index contributed by atoms with van der Waals surface area (Å²) in [4.78, 5) is 26.9. The molecule has 0 bridgehead atoms. The highest BCUT2D eigenvalue weighted by Gasteiger charge is 2.35. The van der Waals surface area contributed by atoms with Gasteiger partial charge in [-0.1, -0.05) is 26.2 Å². The van der Waals surface area contributed by atoms with Crippen molar-refractivity contribution in [3.05, 3.63) is 24.3 Å². The monoisotopic (exact) mass is 386 g/mol. The van der Waals surface area contributed by atoms with Crippen molar-refractivity contribution in [3.8, 4) is 11.8 Å². The molecule has 0 aliphatic heterocycles. The van der Waals surface area contributed by atoms with E-state index in [0.29, 0.717) is 30.8 Å². The second kappa shape index (κ2) is 10.1. The highest BCUT2D eigenvalue weighted by Crippen LogP contribution is 2.27. The average molecular weight is 386 g/mol. The molecule has 2 rings (SSSR count). The first-order chi connectivity index (χ1) is 13.4. The van der Waals surface area contributed by atoms with Gasteiger partial charge in [0.1, 0.15) is 11.3 Å². The third kappa shape index (κ3) is 5.70. The number of carbonyl (C=O) groups is 2. The third-order valence-corrected chi connectivity index (χ3v) is 5.34. The number of nitriles is 1. The molecule has 152 valence electrons. The van der Waals surface area contributed by atoms with Gasteiger partial charge in [-0.25, -0.2) is 0 Å². The van der Waals surface area contributed by atoms with Gasteiger partial charge in [-0.15, -0.1) is 0 Å². The Morgan fingerprint density at radius 1 is 1.25 bits per heavy atom. The van der Waals surface area contributed by atoms with Gasteiger partial charge in [-0.2, -0.15) is 5.26 Å². The van der Waals surface area contributed by atoms with Crippen LogP contribution >= 0.6 is 0 Å². The van der Waals surface area contributed by atoms with Gasteiger partial charge < -0.3 is 15.4 Å². The molecular formula is C21H30N4O3. The normalized spacial score (nSPS) is 16.7. The molecular weight excluding hydrogens is 356 g/mol. The minimum absolute atomic E-state index is 0.0939. The molecule has 0 spiro atoms. The lowest BCUT2D eigenvalue weighted by Crippen LogP contribution is -2.55. The van der Waals surface area contributed by atoms with Crippen LogP contribution in [0.15, 0.2) is 24.3 Å². The predicted octanol–water partition coefficient (Wildman–Crippen LogP) is 2.69. The molecule has 0 radical (unpaired) electrons.